The highest BCUT2D eigenvalue weighted by Crippen LogP contribution is 2.39. The lowest BCUT2D eigenvalue weighted by Gasteiger charge is -2.00. The van der Waals surface area contributed by atoms with E-state index in [1.165, 1.54) is 11.7 Å². The van der Waals surface area contributed by atoms with Gasteiger partial charge in [-0.25, -0.2) is 13.1 Å². The third-order valence-electron chi connectivity index (χ3n) is 2.40. The molecule has 1 N–H and O–H groups in total. The van der Waals surface area contributed by atoms with Gasteiger partial charge in [0.25, 0.3) is 10.0 Å². The zero-order valence-electron chi connectivity index (χ0n) is 8.19. The van der Waals surface area contributed by atoms with Crippen molar-refractivity contribution in [2.75, 3.05) is 7.05 Å². The predicted molar refractivity (Wildman–Crippen MR) is 51.4 cm³/mol. The molecule has 1 aliphatic carbocycles. The minimum atomic E-state index is -3.36. The van der Waals surface area contributed by atoms with E-state index < -0.39 is 10.0 Å². The number of hydrogen-bond acceptors (Lipinski definition) is 3. The van der Waals surface area contributed by atoms with Gasteiger partial charge in [0.2, 0.25) is 0 Å². The molecule has 0 saturated heterocycles. The van der Waals surface area contributed by atoms with E-state index in [0.29, 0.717) is 5.92 Å². The predicted octanol–water partition coefficient (Wildman–Crippen LogP) is 0.206. The van der Waals surface area contributed by atoms with Crippen LogP contribution in [-0.2, 0) is 17.1 Å². The van der Waals surface area contributed by atoms with Crippen molar-refractivity contribution in [3.05, 3.63) is 11.8 Å². The maximum absolute atomic E-state index is 11.5. The molecule has 0 spiro atoms. The molecule has 5 nitrogen and oxygen atoms in total. The van der Waals surface area contributed by atoms with E-state index in [9.17, 15) is 8.42 Å². The fourth-order valence-corrected chi connectivity index (χ4v) is 2.28. The molecule has 1 aliphatic rings. The van der Waals surface area contributed by atoms with Crippen LogP contribution in [0.15, 0.2) is 11.1 Å². The summed E-state index contributed by atoms with van der Waals surface area (Å²) in [6.07, 6.45) is 2.24. The average molecular weight is 215 g/mol. The molecule has 14 heavy (non-hydrogen) atoms. The lowest BCUT2D eigenvalue weighted by Crippen LogP contribution is -2.21. The quantitative estimate of drug-likeness (QED) is 0.783. The molecule has 1 heterocycles. The molecule has 1 aromatic heterocycles. The average Bonchev–Trinajstić information content (AvgIpc) is 2.90. The Bertz CT molecular complexity index is 445. The second-order valence-corrected chi connectivity index (χ2v) is 5.35. The first-order chi connectivity index (χ1) is 6.54. The molecule has 2 rings (SSSR count). The maximum Gasteiger partial charge on any atom is 0.257 e. The van der Waals surface area contributed by atoms with Gasteiger partial charge in [-0.1, -0.05) is 0 Å². The summed E-state index contributed by atoms with van der Waals surface area (Å²) in [6.45, 7) is 0. The van der Waals surface area contributed by atoms with Gasteiger partial charge in [0.15, 0.2) is 5.03 Å². The number of nitrogens with one attached hydrogen (secondary N) is 1. The Morgan fingerprint density at radius 3 is 2.71 bits per heavy atom. The van der Waals surface area contributed by atoms with Crippen molar-refractivity contribution in [2.45, 2.75) is 23.8 Å². The lowest BCUT2D eigenvalue weighted by atomic mass is 10.3. The lowest BCUT2D eigenvalue weighted by molar-refractivity contribution is 0.568. The number of nitrogens with zero attached hydrogens (tertiary/aromatic N) is 2. The minimum Gasteiger partial charge on any atom is -0.256 e. The van der Waals surface area contributed by atoms with Crippen molar-refractivity contribution < 1.29 is 8.42 Å². The van der Waals surface area contributed by atoms with E-state index in [-0.39, 0.29) is 5.03 Å². The highest BCUT2D eigenvalue weighted by molar-refractivity contribution is 7.89. The fraction of sp³-hybridized carbons (Fsp3) is 0.625. The van der Waals surface area contributed by atoms with Crippen molar-refractivity contribution in [3.8, 4) is 0 Å². The Balaban J connectivity index is 2.43. The SMILES string of the molecule is CNS(=O)(=O)c1cc(C2CC2)nn1C. The van der Waals surface area contributed by atoms with E-state index in [2.05, 4.69) is 9.82 Å². The second kappa shape index (κ2) is 3.06. The van der Waals surface area contributed by atoms with Gasteiger partial charge in [0.1, 0.15) is 0 Å². The van der Waals surface area contributed by atoms with Crippen LogP contribution in [0.5, 0.6) is 0 Å². The van der Waals surface area contributed by atoms with Crippen molar-refractivity contribution in [1.29, 1.82) is 0 Å². The van der Waals surface area contributed by atoms with Crippen molar-refractivity contribution in [3.63, 3.8) is 0 Å². The highest BCUT2D eigenvalue weighted by Gasteiger charge is 2.29. The molecule has 0 amide bonds. The van der Waals surface area contributed by atoms with Gasteiger partial charge in [-0.05, 0) is 19.9 Å². The first-order valence-electron chi connectivity index (χ1n) is 4.52. The van der Waals surface area contributed by atoms with Crippen LogP contribution in [0.2, 0.25) is 0 Å². The number of sulfonamides is 1. The van der Waals surface area contributed by atoms with Crippen molar-refractivity contribution >= 4 is 10.0 Å². The zero-order valence-corrected chi connectivity index (χ0v) is 9.00. The molecule has 6 heteroatoms. The van der Waals surface area contributed by atoms with Crippen LogP contribution < -0.4 is 4.72 Å². The van der Waals surface area contributed by atoms with Gasteiger partial charge in [0.05, 0.1) is 5.69 Å². The Labute approximate surface area is 83.2 Å². The van der Waals surface area contributed by atoms with Crippen LogP contribution >= 0.6 is 0 Å². The maximum atomic E-state index is 11.5. The number of aromatic nitrogens is 2. The fourth-order valence-electron chi connectivity index (χ4n) is 1.41. The summed E-state index contributed by atoms with van der Waals surface area (Å²) in [5.41, 5.74) is 0.890. The summed E-state index contributed by atoms with van der Waals surface area (Å²) in [4.78, 5) is 0. The van der Waals surface area contributed by atoms with Crippen LogP contribution in [0.4, 0.5) is 0 Å². The summed E-state index contributed by atoms with van der Waals surface area (Å²) in [5, 5.41) is 4.42. The summed E-state index contributed by atoms with van der Waals surface area (Å²) < 4.78 is 26.7. The second-order valence-electron chi connectivity index (χ2n) is 3.51. The summed E-state index contributed by atoms with van der Waals surface area (Å²) in [7, 11) is -0.312. The highest BCUT2D eigenvalue weighted by atomic mass is 32.2. The van der Waals surface area contributed by atoms with Gasteiger partial charge >= 0.3 is 0 Å². The van der Waals surface area contributed by atoms with Gasteiger partial charge < -0.3 is 0 Å². The molecule has 1 saturated carbocycles. The van der Waals surface area contributed by atoms with Crippen molar-refractivity contribution in [2.24, 2.45) is 7.05 Å². The van der Waals surface area contributed by atoms with Gasteiger partial charge in [0, 0.05) is 19.0 Å². The Hall–Kier alpha value is -0.880. The van der Waals surface area contributed by atoms with Crippen LogP contribution in [0.1, 0.15) is 24.5 Å². The van der Waals surface area contributed by atoms with Crippen LogP contribution in [0.25, 0.3) is 0 Å². The van der Waals surface area contributed by atoms with Crippen molar-refractivity contribution in [1.82, 2.24) is 14.5 Å². The topological polar surface area (TPSA) is 64.0 Å². The zero-order chi connectivity index (χ0) is 10.3. The van der Waals surface area contributed by atoms with E-state index in [1.54, 1.807) is 13.1 Å². The van der Waals surface area contributed by atoms with E-state index >= 15 is 0 Å². The van der Waals surface area contributed by atoms with Gasteiger partial charge in [-0.15, -0.1) is 0 Å². The first kappa shape index (κ1) is 9.67. The standard InChI is InChI=1S/C8H13N3O2S/c1-9-14(12,13)8-5-7(6-3-4-6)10-11(8)2/h5-6,9H,3-4H2,1-2H3. The van der Waals surface area contributed by atoms with Crippen LogP contribution in [0.3, 0.4) is 0 Å². The third-order valence-corrected chi connectivity index (χ3v) is 3.87. The van der Waals surface area contributed by atoms with Crippen LogP contribution in [0, 0.1) is 0 Å². The van der Waals surface area contributed by atoms with E-state index in [4.69, 9.17) is 0 Å². The molecule has 0 unspecified atom stereocenters. The van der Waals surface area contributed by atoms with Gasteiger partial charge in [-0.3, -0.25) is 4.68 Å². The molecule has 0 aromatic carbocycles. The minimum absolute atomic E-state index is 0.238. The smallest absolute Gasteiger partial charge is 0.256 e. The van der Waals surface area contributed by atoms with E-state index in [0.717, 1.165) is 18.5 Å². The summed E-state index contributed by atoms with van der Waals surface area (Å²) in [5.74, 6) is 0.474. The molecular formula is C8H13N3O2S. The Kier molecular flexibility index (Phi) is 2.11. The molecular weight excluding hydrogens is 202 g/mol. The molecule has 1 aromatic rings. The number of hydrogen-bond donors (Lipinski definition) is 1. The Morgan fingerprint density at radius 2 is 2.21 bits per heavy atom. The van der Waals surface area contributed by atoms with Crippen LogP contribution in [-0.4, -0.2) is 25.2 Å². The first-order valence-corrected chi connectivity index (χ1v) is 6.00. The van der Waals surface area contributed by atoms with Gasteiger partial charge in [-0.2, -0.15) is 5.10 Å². The summed E-state index contributed by atoms with van der Waals surface area (Å²) in [6, 6.07) is 1.66. The normalized spacial score (nSPS) is 17.3. The molecule has 0 radical (unpaired) electrons. The molecule has 0 bridgehead atoms. The number of aryl methyl sites for hydroxylation is 1. The number of rotatable bonds is 3. The third kappa shape index (κ3) is 1.55. The Morgan fingerprint density at radius 1 is 1.57 bits per heavy atom. The largest absolute Gasteiger partial charge is 0.257 e. The summed E-state index contributed by atoms with van der Waals surface area (Å²) >= 11 is 0. The van der Waals surface area contributed by atoms with E-state index in [1.807, 2.05) is 0 Å². The molecule has 0 aliphatic heterocycles. The molecule has 78 valence electrons. The monoisotopic (exact) mass is 215 g/mol. The molecule has 1 fully saturated rings. The molecule has 0 atom stereocenters.